The van der Waals surface area contributed by atoms with Crippen molar-refractivity contribution in [1.82, 2.24) is 15.3 Å². The molecule has 0 bridgehead atoms. The van der Waals surface area contributed by atoms with Crippen LogP contribution in [0.5, 0.6) is 0 Å². The van der Waals surface area contributed by atoms with E-state index in [0.717, 1.165) is 18.0 Å². The molecule has 0 aliphatic rings. The van der Waals surface area contributed by atoms with Gasteiger partial charge in [0, 0.05) is 24.3 Å². The Balaban J connectivity index is 2.57. The number of nitrogens with one attached hydrogen (secondary N) is 1. The second-order valence-corrected chi connectivity index (χ2v) is 5.23. The first kappa shape index (κ1) is 12.5. The highest BCUT2D eigenvalue weighted by molar-refractivity contribution is 7.99. The predicted molar refractivity (Wildman–Crippen MR) is 66.0 cm³/mol. The van der Waals surface area contributed by atoms with Crippen molar-refractivity contribution < 1.29 is 0 Å². The van der Waals surface area contributed by atoms with Crippen molar-refractivity contribution in [1.29, 1.82) is 0 Å². The van der Waals surface area contributed by atoms with Crippen LogP contribution in [0, 0.1) is 0 Å². The molecule has 1 N–H and O–H groups in total. The van der Waals surface area contributed by atoms with Crippen molar-refractivity contribution in [3.05, 3.63) is 24.3 Å². The Morgan fingerprint density at radius 2 is 2.20 bits per heavy atom. The molecule has 0 amide bonds. The lowest BCUT2D eigenvalue weighted by Crippen LogP contribution is -2.24. The lowest BCUT2D eigenvalue weighted by atomic mass is 10.2. The minimum atomic E-state index is 0.316. The fourth-order valence-electron chi connectivity index (χ4n) is 1.27. The zero-order chi connectivity index (χ0) is 11.1. The highest BCUT2D eigenvalue weighted by Gasteiger charge is 2.12. The van der Waals surface area contributed by atoms with Crippen LogP contribution in [-0.2, 0) is 0 Å². The van der Waals surface area contributed by atoms with Crippen LogP contribution >= 0.6 is 11.8 Å². The van der Waals surface area contributed by atoms with Crippen molar-refractivity contribution in [3.8, 4) is 0 Å². The molecule has 0 aliphatic carbocycles. The van der Waals surface area contributed by atoms with E-state index in [1.165, 1.54) is 0 Å². The van der Waals surface area contributed by atoms with Crippen molar-refractivity contribution in [2.45, 2.75) is 32.1 Å². The molecule has 84 valence electrons. The molecule has 15 heavy (non-hydrogen) atoms. The predicted octanol–water partition coefficient (Wildman–Crippen LogP) is 2.27. The number of nitrogens with zero attached hydrogens (tertiary/aromatic N) is 2. The van der Waals surface area contributed by atoms with E-state index in [1.54, 1.807) is 12.4 Å². The van der Waals surface area contributed by atoms with Crippen LogP contribution in [0.3, 0.4) is 0 Å². The highest BCUT2D eigenvalue weighted by atomic mass is 32.2. The molecule has 1 aromatic rings. The van der Waals surface area contributed by atoms with Crippen LogP contribution in [0.1, 0.15) is 32.5 Å². The minimum Gasteiger partial charge on any atom is -0.308 e. The van der Waals surface area contributed by atoms with Gasteiger partial charge < -0.3 is 5.32 Å². The fraction of sp³-hybridized carbons (Fsp3) is 0.636. The molecule has 1 heterocycles. The SMILES string of the molecule is CCNC(CSC(C)C)c1cnccn1. The van der Waals surface area contributed by atoms with Gasteiger partial charge in [0.2, 0.25) is 0 Å². The quantitative estimate of drug-likeness (QED) is 0.806. The summed E-state index contributed by atoms with van der Waals surface area (Å²) in [6.45, 7) is 7.50. The molecular weight excluding hydrogens is 206 g/mol. The van der Waals surface area contributed by atoms with Gasteiger partial charge in [-0.25, -0.2) is 0 Å². The lowest BCUT2D eigenvalue weighted by molar-refractivity contribution is 0.588. The second-order valence-electron chi connectivity index (χ2n) is 3.62. The molecule has 1 atom stereocenters. The van der Waals surface area contributed by atoms with E-state index in [-0.39, 0.29) is 0 Å². The van der Waals surface area contributed by atoms with Gasteiger partial charge in [0.05, 0.1) is 11.7 Å². The first-order valence-electron chi connectivity index (χ1n) is 5.35. The van der Waals surface area contributed by atoms with E-state index in [4.69, 9.17) is 0 Å². The van der Waals surface area contributed by atoms with E-state index in [1.807, 2.05) is 18.0 Å². The van der Waals surface area contributed by atoms with Crippen LogP contribution in [-0.4, -0.2) is 27.5 Å². The normalized spacial score (nSPS) is 13.1. The number of hydrogen-bond donors (Lipinski definition) is 1. The van der Waals surface area contributed by atoms with Crippen LogP contribution in [0.15, 0.2) is 18.6 Å². The van der Waals surface area contributed by atoms with E-state index >= 15 is 0 Å². The van der Waals surface area contributed by atoms with Gasteiger partial charge in [-0.15, -0.1) is 0 Å². The Kier molecular flexibility index (Phi) is 5.65. The van der Waals surface area contributed by atoms with Gasteiger partial charge in [0.25, 0.3) is 0 Å². The third-order valence-electron chi connectivity index (χ3n) is 1.99. The average molecular weight is 225 g/mol. The maximum atomic E-state index is 4.34. The minimum absolute atomic E-state index is 0.316. The number of thioether (sulfide) groups is 1. The fourth-order valence-corrected chi connectivity index (χ4v) is 2.14. The molecule has 4 heteroatoms. The van der Waals surface area contributed by atoms with Gasteiger partial charge in [0.1, 0.15) is 0 Å². The summed E-state index contributed by atoms with van der Waals surface area (Å²) >= 11 is 1.94. The molecule has 0 aromatic carbocycles. The van der Waals surface area contributed by atoms with Crippen LogP contribution in [0.25, 0.3) is 0 Å². The molecule has 0 radical (unpaired) electrons. The number of rotatable bonds is 6. The number of aromatic nitrogens is 2. The van der Waals surface area contributed by atoms with E-state index in [9.17, 15) is 0 Å². The zero-order valence-electron chi connectivity index (χ0n) is 9.60. The smallest absolute Gasteiger partial charge is 0.0764 e. The standard InChI is InChI=1S/C11H19N3S/c1-4-13-11(8-15-9(2)3)10-7-12-5-6-14-10/h5-7,9,11,13H,4,8H2,1-3H3. The van der Waals surface area contributed by atoms with Gasteiger partial charge in [-0.3, -0.25) is 9.97 Å². The second kappa shape index (κ2) is 6.80. The molecule has 0 aliphatic heterocycles. The van der Waals surface area contributed by atoms with E-state index in [0.29, 0.717) is 11.3 Å². The molecule has 1 aromatic heterocycles. The topological polar surface area (TPSA) is 37.8 Å². The largest absolute Gasteiger partial charge is 0.308 e. The molecule has 1 unspecified atom stereocenters. The van der Waals surface area contributed by atoms with Gasteiger partial charge in [-0.2, -0.15) is 11.8 Å². The first-order chi connectivity index (χ1) is 7.24. The lowest BCUT2D eigenvalue weighted by Gasteiger charge is -2.17. The maximum Gasteiger partial charge on any atom is 0.0764 e. The summed E-state index contributed by atoms with van der Waals surface area (Å²) in [5.74, 6) is 1.05. The Labute approximate surface area is 96.1 Å². The highest BCUT2D eigenvalue weighted by Crippen LogP contribution is 2.18. The van der Waals surface area contributed by atoms with Gasteiger partial charge in [-0.1, -0.05) is 20.8 Å². The summed E-state index contributed by atoms with van der Waals surface area (Å²) in [4.78, 5) is 8.44. The van der Waals surface area contributed by atoms with Gasteiger partial charge in [0.15, 0.2) is 0 Å². The maximum absolute atomic E-state index is 4.34. The molecule has 3 nitrogen and oxygen atoms in total. The molecule has 0 saturated carbocycles. The van der Waals surface area contributed by atoms with Gasteiger partial charge >= 0.3 is 0 Å². The molecule has 1 rings (SSSR count). The molecule has 0 saturated heterocycles. The molecule has 0 spiro atoms. The summed E-state index contributed by atoms with van der Waals surface area (Å²) in [5, 5.41) is 4.09. The summed E-state index contributed by atoms with van der Waals surface area (Å²) in [6, 6.07) is 0.316. The first-order valence-corrected chi connectivity index (χ1v) is 6.39. The third-order valence-corrected chi connectivity index (χ3v) is 3.18. The van der Waals surface area contributed by atoms with Crippen molar-refractivity contribution in [2.24, 2.45) is 0 Å². The Morgan fingerprint density at radius 1 is 1.40 bits per heavy atom. The summed E-state index contributed by atoms with van der Waals surface area (Å²) in [7, 11) is 0. The van der Waals surface area contributed by atoms with Crippen molar-refractivity contribution in [2.75, 3.05) is 12.3 Å². The number of hydrogen-bond acceptors (Lipinski definition) is 4. The summed E-state index contributed by atoms with van der Waals surface area (Å²) in [6.07, 6.45) is 5.30. The van der Waals surface area contributed by atoms with Crippen molar-refractivity contribution in [3.63, 3.8) is 0 Å². The van der Waals surface area contributed by atoms with Crippen LogP contribution in [0.4, 0.5) is 0 Å². The summed E-state index contributed by atoms with van der Waals surface area (Å²) < 4.78 is 0. The van der Waals surface area contributed by atoms with Gasteiger partial charge in [-0.05, 0) is 11.8 Å². The molecular formula is C11H19N3S. The van der Waals surface area contributed by atoms with E-state index < -0.39 is 0 Å². The van der Waals surface area contributed by atoms with Crippen molar-refractivity contribution >= 4 is 11.8 Å². The average Bonchev–Trinajstić information content (AvgIpc) is 2.25. The summed E-state index contributed by atoms with van der Waals surface area (Å²) in [5.41, 5.74) is 1.03. The Bertz CT molecular complexity index is 264. The monoisotopic (exact) mass is 225 g/mol. The third kappa shape index (κ3) is 4.62. The Morgan fingerprint density at radius 3 is 2.73 bits per heavy atom. The van der Waals surface area contributed by atoms with E-state index in [2.05, 4.69) is 36.1 Å². The molecule has 0 fully saturated rings. The zero-order valence-corrected chi connectivity index (χ0v) is 10.4. The Hall–Kier alpha value is -0.610. The van der Waals surface area contributed by atoms with Crippen LogP contribution < -0.4 is 5.32 Å². The van der Waals surface area contributed by atoms with Crippen LogP contribution in [0.2, 0.25) is 0 Å².